The van der Waals surface area contributed by atoms with E-state index in [4.69, 9.17) is 9.47 Å². The van der Waals surface area contributed by atoms with Crippen molar-refractivity contribution in [3.05, 3.63) is 24.3 Å². The van der Waals surface area contributed by atoms with E-state index in [0.717, 1.165) is 11.5 Å². The maximum atomic E-state index is 5.47. The molecule has 72 valence electrons. The van der Waals surface area contributed by atoms with E-state index in [0.29, 0.717) is 0 Å². The molecule has 2 rings (SSSR count). The van der Waals surface area contributed by atoms with Crippen LogP contribution in [-0.4, -0.2) is 5.79 Å². The van der Waals surface area contributed by atoms with Crippen molar-refractivity contribution in [3.63, 3.8) is 0 Å². The number of rotatable bonds is 0. The van der Waals surface area contributed by atoms with E-state index in [1.165, 1.54) is 0 Å². The van der Waals surface area contributed by atoms with Gasteiger partial charge in [-0.2, -0.15) is 0 Å². The minimum Gasteiger partial charge on any atom is -0.449 e. The third kappa shape index (κ3) is 2.14. The second-order valence-electron chi connectivity index (χ2n) is 3.05. The van der Waals surface area contributed by atoms with Crippen LogP contribution in [0.4, 0.5) is 0 Å². The third-order valence-corrected chi connectivity index (χ3v) is 1.56. The van der Waals surface area contributed by atoms with E-state index in [-0.39, 0.29) is 0 Å². The van der Waals surface area contributed by atoms with E-state index >= 15 is 0 Å². The summed E-state index contributed by atoms with van der Waals surface area (Å²) in [6.45, 7) is 7.79. The summed E-state index contributed by atoms with van der Waals surface area (Å²) in [5, 5.41) is 0. The van der Waals surface area contributed by atoms with Crippen molar-refractivity contribution < 1.29 is 9.47 Å². The summed E-state index contributed by atoms with van der Waals surface area (Å²) in [6, 6.07) is 7.68. The van der Waals surface area contributed by atoms with Crippen molar-refractivity contribution in [2.75, 3.05) is 0 Å². The van der Waals surface area contributed by atoms with Crippen molar-refractivity contribution in [2.24, 2.45) is 0 Å². The molecule has 13 heavy (non-hydrogen) atoms. The number of para-hydroxylation sites is 2. The topological polar surface area (TPSA) is 18.5 Å². The first-order chi connectivity index (χ1) is 6.17. The Labute approximate surface area is 79.5 Å². The normalized spacial score (nSPS) is 16.0. The van der Waals surface area contributed by atoms with Gasteiger partial charge in [-0.25, -0.2) is 0 Å². The number of ether oxygens (including phenoxy) is 2. The Morgan fingerprint density at radius 2 is 1.31 bits per heavy atom. The Morgan fingerprint density at radius 1 is 0.923 bits per heavy atom. The first kappa shape index (κ1) is 9.90. The molecule has 1 aromatic rings. The van der Waals surface area contributed by atoms with Crippen molar-refractivity contribution in [2.45, 2.75) is 33.5 Å². The molecule has 0 aliphatic carbocycles. The monoisotopic (exact) mass is 180 g/mol. The van der Waals surface area contributed by atoms with Gasteiger partial charge in [0.05, 0.1) is 0 Å². The zero-order chi connectivity index (χ0) is 9.90. The Bertz CT molecular complexity index is 252. The molecule has 1 heterocycles. The van der Waals surface area contributed by atoms with Crippen LogP contribution in [0.2, 0.25) is 0 Å². The van der Waals surface area contributed by atoms with Crippen LogP contribution < -0.4 is 9.47 Å². The van der Waals surface area contributed by atoms with Gasteiger partial charge in [-0.15, -0.1) is 0 Å². The molecular formula is C11H16O2. The largest absolute Gasteiger partial charge is 0.449 e. The van der Waals surface area contributed by atoms with Gasteiger partial charge in [-0.1, -0.05) is 26.0 Å². The number of hydrogen-bond acceptors (Lipinski definition) is 2. The highest BCUT2D eigenvalue weighted by molar-refractivity contribution is 5.42. The van der Waals surface area contributed by atoms with Crippen LogP contribution in [0.25, 0.3) is 0 Å². The maximum Gasteiger partial charge on any atom is 0.246 e. The molecule has 0 saturated carbocycles. The van der Waals surface area contributed by atoms with Gasteiger partial charge >= 0.3 is 0 Å². The van der Waals surface area contributed by atoms with Crippen molar-refractivity contribution in [1.29, 1.82) is 0 Å². The molecule has 0 amide bonds. The Hall–Kier alpha value is -1.18. The lowest BCUT2D eigenvalue weighted by Gasteiger charge is -2.16. The van der Waals surface area contributed by atoms with Crippen LogP contribution in [0.5, 0.6) is 11.5 Å². The molecule has 0 aromatic heterocycles. The third-order valence-electron chi connectivity index (χ3n) is 1.56. The van der Waals surface area contributed by atoms with Gasteiger partial charge < -0.3 is 9.47 Å². The van der Waals surface area contributed by atoms with Gasteiger partial charge in [0.2, 0.25) is 5.79 Å². The maximum absolute atomic E-state index is 5.47. The lowest BCUT2D eigenvalue weighted by molar-refractivity contribution is -0.0431. The van der Waals surface area contributed by atoms with Crippen LogP contribution >= 0.6 is 0 Å². The summed E-state index contributed by atoms with van der Waals surface area (Å²) in [5.41, 5.74) is 0. The van der Waals surface area contributed by atoms with Crippen LogP contribution in [0, 0.1) is 0 Å². The highest BCUT2D eigenvalue weighted by atomic mass is 16.7. The molecule has 0 N–H and O–H groups in total. The smallest absolute Gasteiger partial charge is 0.246 e. The fourth-order valence-corrected chi connectivity index (χ4v) is 1.17. The number of benzene rings is 1. The molecule has 0 radical (unpaired) electrons. The molecule has 1 aliphatic rings. The van der Waals surface area contributed by atoms with Crippen molar-refractivity contribution in [1.82, 2.24) is 0 Å². The Morgan fingerprint density at radius 3 is 1.69 bits per heavy atom. The summed E-state index contributed by atoms with van der Waals surface area (Å²) in [5.74, 6) is 1.17. The van der Waals surface area contributed by atoms with E-state index in [2.05, 4.69) is 0 Å². The van der Waals surface area contributed by atoms with E-state index in [1.807, 2.05) is 52.0 Å². The molecule has 0 spiro atoms. The quantitative estimate of drug-likeness (QED) is 0.610. The van der Waals surface area contributed by atoms with Crippen LogP contribution in [0.15, 0.2) is 24.3 Å². The molecule has 1 aliphatic heterocycles. The average molecular weight is 180 g/mol. The zero-order valence-electron chi connectivity index (χ0n) is 8.63. The SMILES string of the molecule is CC.CC1(C)Oc2ccccc2O1. The minimum atomic E-state index is -0.496. The highest BCUT2D eigenvalue weighted by Gasteiger charge is 2.30. The zero-order valence-corrected chi connectivity index (χ0v) is 8.63. The van der Waals surface area contributed by atoms with Gasteiger partial charge in [0.15, 0.2) is 11.5 Å². The molecule has 0 fully saturated rings. The summed E-state index contributed by atoms with van der Waals surface area (Å²) in [4.78, 5) is 0. The number of hydrogen-bond donors (Lipinski definition) is 0. The highest BCUT2D eigenvalue weighted by Crippen LogP contribution is 2.38. The molecule has 1 aromatic carbocycles. The summed E-state index contributed by atoms with van der Waals surface area (Å²) in [6.07, 6.45) is 0. The van der Waals surface area contributed by atoms with Crippen LogP contribution in [-0.2, 0) is 0 Å². The molecule has 0 atom stereocenters. The first-order valence-electron chi connectivity index (χ1n) is 4.64. The van der Waals surface area contributed by atoms with E-state index in [1.54, 1.807) is 0 Å². The first-order valence-corrected chi connectivity index (χ1v) is 4.64. The fourth-order valence-electron chi connectivity index (χ4n) is 1.17. The van der Waals surface area contributed by atoms with Crippen LogP contribution in [0.1, 0.15) is 27.7 Å². The van der Waals surface area contributed by atoms with E-state index in [9.17, 15) is 0 Å². The molecule has 0 saturated heterocycles. The molecule has 0 bridgehead atoms. The summed E-state index contributed by atoms with van der Waals surface area (Å²) in [7, 11) is 0. The van der Waals surface area contributed by atoms with Crippen molar-refractivity contribution in [3.8, 4) is 11.5 Å². The molecular weight excluding hydrogens is 164 g/mol. The lowest BCUT2D eigenvalue weighted by atomic mass is 10.3. The van der Waals surface area contributed by atoms with E-state index < -0.39 is 5.79 Å². The van der Waals surface area contributed by atoms with Crippen molar-refractivity contribution >= 4 is 0 Å². The van der Waals surface area contributed by atoms with Gasteiger partial charge in [-0.3, -0.25) is 0 Å². The Balaban J connectivity index is 0.000000396. The summed E-state index contributed by atoms with van der Waals surface area (Å²) >= 11 is 0. The minimum absolute atomic E-state index is 0.496. The average Bonchev–Trinajstić information content (AvgIpc) is 2.41. The lowest BCUT2D eigenvalue weighted by Crippen LogP contribution is -2.29. The standard InChI is InChI=1S/C9H10O2.C2H6/c1-9(2)10-7-5-3-4-6-8(7)11-9;1-2/h3-6H,1-2H3;1-2H3. The molecule has 2 heteroatoms. The molecule has 2 nitrogen and oxygen atoms in total. The fraction of sp³-hybridized carbons (Fsp3) is 0.455. The summed E-state index contributed by atoms with van der Waals surface area (Å²) < 4.78 is 10.9. The second kappa shape index (κ2) is 3.69. The second-order valence-corrected chi connectivity index (χ2v) is 3.05. The Kier molecular flexibility index (Phi) is 2.81. The van der Waals surface area contributed by atoms with Gasteiger partial charge in [0.1, 0.15) is 0 Å². The number of fused-ring (bicyclic) bond motifs is 1. The van der Waals surface area contributed by atoms with Gasteiger partial charge in [0.25, 0.3) is 0 Å². The van der Waals surface area contributed by atoms with Crippen LogP contribution in [0.3, 0.4) is 0 Å². The predicted octanol–water partition coefficient (Wildman–Crippen LogP) is 3.22. The van der Waals surface area contributed by atoms with Gasteiger partial charge in [0, 0.05) is 13.8 Å². The van der Waals surface area contributed by atoms with Gasteiger partial charge in [-0.05, 0) is 12.1 Å². The molecule has 0 unspecified atom stereocenters. The predicted molar refractivity (Wildman–Crippen MR) is 53.1 cm³/mol.